The van der Waals surface area contributed by atoms with E-state index in [0.29, 0.717) is 6.54 Å². The Kier molecular flexibility index (Phi) is 5.71. The van der Waals surface area contributed by atoms with E-state index in [4.69, 9.17) is 0 Å². The van der Waals surface area contributed by atoms with Crippen molar-refractivity contribution in [3.8, 4) is 0 Å². The van der Waals surface area contributed by atoms with Crippen LogP contribution in [-0.4, -0.2) is 25.5 Å². The number of nitrogens with one attached hydrogen (secondary N) is 2. The summed E-state index contributed by atoms with van der Waals surface area (Å²) in [6, 6.07) is 7.65. The van der Waals surface area contributed by atoms with E-state index >= 15 is 0 Å². The first-order valence-corrected chi connectivity index (χ1v) is 5.97. The predicted molar refractivity (Wildman–Crippen MR) is 66.5 cm³/mol. The zero-order valence-corrected chi connectivity index (χ0v) is 10.4. The van der Waals surface area contributed by atoms with Gasteiger partial charge in [0, 0.05) is 25.1 Å². The largest absolute Gasteiger partial charge is 0.356 e. The summed E-state index contributed by atoms with van der Waals surface area (Å²) in [5, 5.41) is 5.21. The summed E-state index contributed by atoms with van der Waals surface area (Å²) < 4.78 is 27.3. The van der Waals surface area contributed by atoms with Gasteiger partial charge in [-0.05, 0) is 6.92 Å². The predicted octanol–water partition coefficient (Wildman–Crippen LogP) is 1.89. The quantitative estimate of drug-likeness (QED) is 0.731. The molecule has 0 aliphatic heterocycles. The van der Waals surface area contributed by atoms with Gasteiger partial charge in [-0.3, -0.25) is 4.79 Å². The van der Waals surface area contributed by atoms with Gasteiger partial charge in [0.05, 0.1) is 6.54 Å². The number of hydrogen-bond acceptors (Lipinski definition) is 2. The lowest BCUT2D eigenvalue weighted by Gasteiger charge is -2.17. The van der Waals surface area contributed by atoms with Crippen LogP contribution in [0, 0.1) is 0 Å². The molecule has 100 valence electrons. The molecule has 0 aliphatic carbocycles. The van der Waals surface area contributed by atoms with Crippen LogP contribution in [0.25, 0.3) is 0 Å². The summed E-state index contributed by atoms with van der Waals surface area (Å²) in [6.45, 7) is 2.15. The normalized spacial score (nSPS) is 11.3. The Morgan fingerprint density at radius 2 is 1.94 bits per heavy atom. The third-order valence-electron chi connectivity index (χ3n) is 2.45. The molecule has 0 aliphatic rings. The van der Waals surface area contributed by atoms with Crippen LogP contribution in [0.5, 0.6) is 0 Å². The summed E-state index contributed by atoms with van der Waals surface area (Å²) in [5.74, 6) is -3.05. The number of carbonyl (C=O) groups is 1. The Bertz CT molecular complexity index is 369. The fourth-order valence-corrected chi connectivity index (χ4v) is 1.52. The molecule has 0 fully saturated rings. The van der Waals surface area contributed by atoms with E-state index in [1.54, 1.807) is 18.2 Å². The number of alkyl halides is 2. The van der Waals surface area contributed by atoms with E-state index in [-0.39, 0.29) is 24.4 Å². The molecule has 0 heterocycles. The maximum Gasteiger partial charge on any atom is 0.285 e. The zero-order valence-electron chi connectivity index (χ0n) is 10.4. The maximum atomic E-state index is 13.7. The molecule has 1 aromatic carbocycles. The Labute approximate surface area is 106 Å². The van der Waals surface area contributed by atoms with E-state index in [2.05, 4.69) is 10.6 Å². The molecule has 0 aromatic heterocycles. The summed E-state index contributed by atoms with van der Waals surface area (Å²) in [5.41, 5.74) is -0.0180. The van der Waals surface area contributed by atoms with Gasteiger partial charge in [0.2, 0.25) is 5.91 Å². The van der Waals surface area contributed by atoms with Crippen molar-refractivity contribution in [1.29, 1.82) is 0 Å². The molecule has 3 nitrogen and oxygen atoms in total. The van der Waals surface area contributed by atoms with Crippen LogP contribution in [0.3, 0.4) is 0 Å². The lowest BCUT2D eigenvalue weighted by atomic mass is 10.1. The molecule has 0 radical (unpaired) electrons. The first-order chi connectivity index (χ1) is 8.56. The number of hydrogen-bond donors (Lipinski definition) is 2. The molecule has 1 aromatic rings. The number of carbonyl (C=O) groups excluding carboxylic acids is 1. The summed E-state index contributed by atoms with van der Waals surface area (Å²) in [4.78, 5) is 11.1. The second kappa shape index (κ2) is 7.06. The topological polar surface area (TPSA) is 41.1 Å². The smallest absolute Gasteiger partial charge is 0.285 e. The highest BCUT2D eigenvalue weighted by Gasteiger charge is 2.30. The van der Waals surface area contributed by atoms with E-state index in [9.17, 15) is 13.6 Å². The SMILES string of the molecule is CCNC(=O)CCNCC(F)(F)c1ccccc1. The zero-order chi connectivity index (χ0) is 13.4. The average molecular weight is 256 g/mol. The van der Waals surface area contributed by atoms with Gasteiger partial charge < -0.3 is 10.6 Å². The Morgan fingerprint density at radius 3 is 2.56 bits per heavy atom. The molecule has 2 N–H and O–H groups in total. The second-order valence-electron chi connectivity index (χ2n) is 3.95. The minimum Gasteiger partial charge on any atom is -0.356 e. The number of rotatable bonds is 7. The number of amides is 1. The molecule has 1 amide bonds. The molecule has 5 heteroatoms. The number of halogens is 2. The van der Waals surface area contributed by atoms with Crippen molar-refractivity contribution in [2.45, 2.75) is 19.3 Å². The van der Waals surface area contributed by atoms with Crippen molar-refractivity contribution in [3.05, 3.63) is 35.9 Å². The standard InChI is InChI=1S/C13H18F2N2O/c1-2-17-12(18)8-9-16-10-13(14,15)11-6-4-3-5-7-11/h3-7,16H,2,8-10H2,1H3,(H,17,18). The molecular formula is C13H18F2N2O. The third kappa shape index (κ3) is 4.79. The van der Waals surface area contributed by atoms with E-state index in [1.165, 1.54) is 12.1 Å². The minimum atomic E-state index is -2.91. The highest BCUT2D eigenvalue weighted by atomic mass is 19.3. The lowest BCUT2D eigenvalue weighted by molar-refractivity contribution is -0.121. The van der Waals surface area contributed by atoms with Crippen LogP contribution in [0.4, 0.5) is 8.78 Å². The van der Waals surface area contributed by atoms with Gasteiger partial charge in [0.25, 0.3) is 5.92 Å². The van der Waals surface area contributed by atoms with Crippen LogP contribution in [-0.2, 0) is 10.7 Å². The van der Waals surface area contributed by atoms with Gasteiger partial charge in [-0.25, -0.2) is 0 Å². The van der Waals surface area contributed by atoms with Crippen molar-refractivity contribution >= 4 is 5.91 Å². The summed E-state index contributed by atoms with van der Waals surface area (Å²) in [7, 11) is 0. The molecule has 18 heavy (non-hydrogen) atoms. The van der Waals surface area contributed by atoms with Gasteiger partial charge in [-0.2, -0.15) is 8.78 Å². The van der Waals surface area contributed by atoms with Crippen molar-refractivity contribution in [2.24, 2.45) is 0 Å². The van der Waals surface area contributed by atoms with Crippen LogP contribution in [0.2, 0.25) is 0 Å². The number of benzene rings is 1. The van der Waals surface area contributed by atoms with E-state index in [0.717, 1.165) is 0 Å². The molecule has 0 atom stereocenters. The minimum absolute atomic E-state index is 0.0180. The van der Waals surface area contributed by atoms with Crippen LogP contribution in [0.15, 0.2) is 30.3 Å². The molecule has 0 bridgehead atoms. The van der Waals surface area contributed by atoms with Crippen LogP contribution in [0.1, 0.15) is 18.9 Å². The molecule has 0 unspecified atom stereocenters. The van der Waals surface area contributed by atoms with E-state index in [1.807, 2.05) is 6.92 Å². The second-order valence-corrected chi connectivity index (χ2v) is 3.95. The molecule has 0 saturated carbocycles. The molecular weight excluding hydrogens is 238 g/mol. The first-order valence-electron chi connectivity index (χ1n) is 5.97. The lowest BCUT2D eigenvalue weighted by Crippen LogP contribution is -2.33. The van der Waals surface area contributed by atoms with Gasteiger partial charge in [-0.15, -0.1) is 0 Å². The van der Waals surface area contributed by atoms with Crippen LogP contribution >= 0.6 is 0 Å². The molecule has 0 saturated heterocycles. The van der Waals surface area contributed by atoms with Gasteiger partial charge in [0.15, 0.2) is 0 Å². The maximum absolute atomic E-state index is 13.7. The van der Waals surface area contributed by atoms with Gasteiger partial charge in [0.1, 0.15) is 0 Å². The average Bonchev–Trinajstić information content (AvgIpc) is 2.36. The molecule has 1 rings (SSSR count). The third-order valence-corrected chi connectivity index (χ3v) is 2.45. The Hall–Kier alpha value is -1.49. The van der Waals surface area contributed by atoms with Gasteiger partial charge >= 0.3 is 0 Å². The molecule has 0 spiro atoms. The fourth-order valence-electron chi connectivity index (χ4n) is 1.52. The summed E-state index contributed by atoms with van der Waals surface area (Å²) in [6.07, 6.45) is 0.207. The first kappa shape index (κ1) is 14.6. The van der Waals surface area contributed by atoms with Crippen molar-refractivity contribution < 1.29 is 13.6 Å². The Balaban J connectivity index is 2.32. The highest BCUT2D eigenvalue weighted by Crippen LogP contribution is 2.26. The van der Waals surface area contributed by atoms with Crippen LogP contribution < -0.4 is 10.6 Å². The van der Waals surface area contributed by atoms with Crippen molar-refractivity contribution in [3.63, 3.8) is 0 Å². The van der Waals surface area contributed by atoms with Crippen molar-refractivity contribution in [1.82, 2.24) is 10.6 Å². The fraction of sp³-hybridized carbons (Fsp3) is 0.462. The Morgan fingerprint density at radius 1 is 1.28 bits per heavy atom. The highest BCUT2D eigenvalue weighted by molar-refractivity contribution is 5.75. The van der Waals surface area contributed by atoms with Crippen molar-refractivity contribution in [2.75, 3.05) is 19.6 Å². The van der Waals surface area contributed by atoms with Gasteiger partial charge in [-0.1, -0.05) is 30.3 Å². The monoisotopic (exact) mass is 256 g/mol. The van der Waals surface area contributed by atoms with E-state index < -0.39 is 12.5 Å². The summed E-state index contributed by atoms with van der Waals surface area (Å²) >= 11 is 0.